The summed E-state index contributed by atoms with van der Waals surface area (Å²) in [5.74, 6) is -2.00. The van der Waals surface area contributed by atoms with E-state index in [1.807, 2.05) is 31.2 Å². The molecule has 0 aliphatic rings. The Balaban J connectivity index is 1.71. The second-order valence-corrected chi connectivity index (χ2v) is 6.35. The van der Waals surface area contributed by atoms with Gasteiger partial charge in [0.25, 0.3) is 0 Å². The van der Waals surface area contributed by atoms with E-state index >= 15 is 0 Å². The van der Waals surface area contributed by atoms with Gasteiger partial charge in [0.2, 0.25) is 5.91 Å². The van der Waals surface area contributed by atoms with Crippen molar-refractivity contribution in [3.63, 3.8) is 0 Å². The number of benzene rings is 2. The summed E-state index contributed by atoms with van der Waals surface area (Å²) in [6.45, 7) is 1.95. The van der Waals surface area contributed by atoms with E-state index in [1.165, 1.54) is 18.2 Å². The number of carbonyl (C=O) groups is 2. The molecule has 27 heavy (non-hydrogen) atoms. The third-order valence-electron chi connectivity index (χ3n) is 4.24. The van der Waals surface area contributed by atoms with Crippen LogP contribution in [-0.2, 0) is 16.0 Å². The standard InChI is InChI=1S/C21H19FN2O3/c1-13-3-2-4-14(9-13)5-8-20(25)24-19(21(26)27)10-15-12-23-18-11-16(22)6-7-17(15)18/h2-9,11-12,19,23H,10H2,1H3,(H,24,25)(H,26,27)/b8-5+. The first kappa shape index (κ1) is 18.4. The zero-order valence-corrected chi connectivity index (χ0v) is 14.7. The predicted octanol–water partition coefficient (Wildman–Crippen LogP) is 3.44. The summed E-state index contributed by atoms with van der Waals surface area (Å²) in [4.78, 5) is 26.6. The van der Waals surface area contributed by atoms with Crippen LogP contribution in [0.2, 0.25) is 0 Å². The van der Waals surface area contributed by atoms with Crippen LogP contribution in [0.25, 0.3) is 17.0 Å². The second kappa shape index (κ2) is 7.86. The lowest BCUT2D eigenvalue weighted by atomic mass is 10.0. The number of aromatic amines is 1. The lowest BCUT2D eigenvalue weighted by Crippen LogP contribution is -2.41. The maximum absolute atomic E-state index is 13.3. The molecule has 0 saturated heterocycles. The molecule has 2 aromatic carbocycles. The largest absolute Gasteiger partial charge is 0.480 e. The lowest BCUT2D eigenvalue weighted by molar-refractivity contribution is -0.141. The van der Waals surface area contributed by atoms with E-state index in [0.29, 0.717) is 11.1 Å². The Morgan fingerprint density at radius 3 is 2.81 bits per heavy atom. The number of halogens is 1. The molecule has 3 rings (SSSR count). The molecule has 3 aromatic rings. The molecule has 0 radical (unpaired) electrons. The average Bonchev–Trinajstić information content (AvgIpc) is 3.01. The molecular weight excluding hydrogens is 347 g/mol. The van der Waals surface area contributed by atoms with Crippen LogP contribution in [0.3, 0.4) is 0 Å². The maximum atomic E-state index is 13.3. The van der Waals surface area contributed by atoms with Crippen molar-refractivity contribution in [1.29, 1.82) is 0 Å². The quantitative estimate of drug-likeness (QED) is 0.585. The van der Waals surface area contributed by atoms with Crippen molar-refractivity contribution in [1.82, 2.24) is 10.3 Å². The van der Waals surface area contributed by atoms with Crippen molar-refractivity contribution in [2.45, 2.75) is 19.4 Å². The molecule has 1 atom stereocenters. The number of nitrogens with one attached hydrogen (secondary N) is 2. The van der Waals surface area contributed by atoms with E-state index in [9.17, 15) is 19.1 Å². The zero-order chi connectivity index (χ0) is 19.4. The number of H-pyrrole nitrogens is 1. The molecule has 0 aliphatic heterocycles. The molecule has 138 valence electrons. The number of carboxylic acid groups (broad SMARTS) is 1. The molecule has 1 aromatic heterocycles. The highest BCUT2D eigenvalue weighted by molar-refractivity contribution is 5.94. The molecule has 3 N–H and O–H groups in total. The molecule has 0 fully saturated rings. The van der Waals surface area contributed by atoms with Gasteiger partial charge in [-0.25, -0.2) is 9.18 Å². The van der Waals surface area contributed by atoms with Crippen molar-refractivity contribution in [3.05, 3.63) is 77.2 Å². The van der Waals surface area contributed by atoms with Gasteiger partial charge in [-0.1, -0.05) is 29.8 Å². The lowest BCUT2D eigenvalue weighted by Gasteiger charge is -2.13. The van der Waals surface area contributed by atoms with Gasteiger partial charge in [0.15, 0.2) is 0 Å². The molecule has 0 spiro atoms. The van der Waals surface area contributed by atoms with Gasteiger partial charge in [0.1, 0.15) is 11.9 Å². The molecule has 1 heterocycles. The van der Waals surface area contributed by atoms with Crippen LogP contribution in [0.5, 0.6) is 0 Å². The smallest absolute Gasteiger partial charge is 0.326 e. The number of carbonyl (C=O) groups excluding carboxylic acids is 1. The van der Waals surface area contributed by atoms with Gasteiger partial charge in [-0.2, -0.15) is 0 Å². The van der Waals surface area contributed by atoms with Crippen LogP contribution in [-0.4, -0.2) is 28.0 Å². The SMILES string of the molecule is Cc1cccc(/C=C/C(=O)NC(Cc2c[nH]c3cc(F)ccc23)C(=O)O)c1. The maximum Gasteiger partial charge on any atom is 0.326 e. The van der Waals surface area contributed by atoms with E-state index < -0.39 is 17.9 Å². The normalized spacial score (nSPS) is 12.4. The minimum atomic E-state index is -1.14. The van der Waals surface area contributed by atoms with Crippen LogP contribution < -0.4 is 5.32 Å². The highest BCUT2D eigenvalue weighted by Gasteiger charge is 2.21. The number of hydrogen-bond acceptors (Lipinski definition) is 2. The Labute approximate surface area is 155 Å². The van der Waals surface area contributed by atoms with Crippen molar-refractivity contribution in [3.8, 4) is 0 Å². The van der Waals surface area contributed by atoms with Crippen molar-refractivity contribution >= 4 is 28.9 Å². The highest BCUT2D eigenvalue weighted by Crippen LogP contribution is 2.20. The van der Waals surface area contributed by atoms with E-state index in [2.05, 4.69) is 10.3 Å². The number of aryl methyl sites for hydroxylation is 1. The van der Waals surface area contributed by atoms with Crippen LogP contribution in [0.1, 0.15) is 16.7 Å². The second-order valence-electron chi connectivity index (χ2n) is 6.35. The average molecular weight is 366 g/mol. The minimum absolute atomic E-state index is 0.0883. The number of carboxylic acids is 1. The van der Waals surface area contributed by atoms with Gasteiger partial charge < -0.3 is 15.4 Å². The van der Waals surface area contributed by atoms with E-state index in [0.717, 1.165) is 16.5 Å². The third kappa shape index (κ3) is 4.61. The van der Waals surface area contributed by atoms with Gasteiger partial charge in [0, 0.05) is 29.6 Å². The van der Waals surface area contributed by atoms with Gasteiger partial charge in [-0.15, -0.1) is 0 Å². The highest BCUT2D eigenvalue weighted by atomic mass is 19.1. The summed E-state index contributed by atoms with van der Waals surface area (Å²) in [5.41, 5.74) is 3.20. The summed E-state index contributed by atoms with van der Waals surface area (Å²) >= 11 is 0. The Kier molecular flexibility index (Phi) is 5.35. The van der Waals surface area contributed by atoms with E-state index in [4.69, 9.17) is 0 Å². The van der Waals surface area contributed by atoms with Crippen LogP contribution in [0.4, 0.5) is 4.39 Å². The van der Waals surface area contributed by atoms with Crippen molar-refractivity contribution in [2.24, 2.45) is 0 Å². The summed E-state index contributed by atoms with van der Waals surface area (Å²) in [5, 5.41) is 12.7. The van der Waals surface area contributed by atoms with E-state index in [-0.39, 0.29) is 12.2 Å². The minimum Gasteiger partial charge on any atom is -0.480 e. The fraction of sp³-hybridized carbons (Fsp3) is 0.143. The summed E-state index contributed by atoms with van der Waals surface area (Å²) < 4.78 is 13.3. The number of rotatable bonds is 6. The summed E-state index contributed by atoms with van der Waals surface area (Å²) in [6, 6.07) is 10.8. The Bertz CT molecular complexity index is 1020. The molecule has 6 heteroatoms. The van der Waals surface area contributed by atoms with Crippen molar-refractivity contribution in [2.75, 3.05) is 0 Å². The molecule has 0 bridgehead atoms. The van der Waals surface area contributed by atoms with Gasteiger partial charge >= 0.3 is 5.97 Å². The Morgan fingerprint density at radius 2 is 2.07 bits per heavy atom. The molecule has 1 amide bonds. The van der Waals surface area contributed by atoms with Crippen LogP contribution in [0.15, 0.2) is 54.7 Å². The molecule has 0 aliphatic carbocycles. The zero-order valence-electron chi connectivity index (χ0n) is 14.7. The number of aromatic nitrogens is 1. The monoisotopic (exact) mass is 366 g/mol. The fourth-order valence-corrected chi connectivity index (χ4v) is 2.91. The summed E-state index contributed by atoms with van der Waals surface area (Å²) in [6.07, 6.45) is 4.67. The van der Waals surface area contributed by atoms with Gasteiger partial charge in [-0.3, -0.25) is 4.79 Å². The molecule has 1 unspecified atom stereocenters. The molecular formula is C21H19FN2O3. The van der Waals surface area contributed by atoms with Crippen LogP contribution in [0, 0.1) is 12.7 Å². The topological polar surface area (TPSA) is 82.2 Å². The Hall–Kier alpha value is -3.41. The number of fused-ring (bicyclic) bond motifs is 1. The van der Waals surface area contributed by atoms with Crippen LogP contribution >= 0.6 is 0 Å². The molecule has 0 saturated carbocycles. The number of aliphatic carboxylic acids is 1. The van der Waals surface area contributed by atoms with E-state index in [1.54, 1.807) is 18.3 Å². The summed E-state index contributed by atoms with van der Waals surface area (Å²) in [7, 11) is 0. The first-order chi connectivity index (χ1) is 12.9. The van der Waals surface area contributed by atoms with Gasteiger partial charge in [-0.05, 0) is 42.3 Å². The number of hydrogen-bond donors (Lipinski definition) is 3. The van der Waals surface area contributed by atoms with Gasteiger partial charge in [0.05, 0.1) is 0 Å². The molecule has 5 nitrogen and oxygen atoms in total. The number of amides is 1. The van der Waals surface area contributed by atoms with Crippen molar-refractivity contribution < 1.29 is 19.1 Å². The fourth-order valence-electron chi connectivity index (χ4n) is 2.91. The Morgan fingerprint density at radius 1 is 1.26 bits per heavy atom. The first-order valence-electron chi connectivity index (χ1n) is 8.46. The first-order valence-corrected chi connectivity index (χ1v) is 8.46. The predicted molar refractivity (Wildman–Crippen MR) is 102 cm³/mol. The third-order valence-corrected chi connectivity index (χ3v) is 4.24.